The van der Waals surface area contributed by atoms with E-state index in [4.69, 9.17) is 4.74 Å². The molecule has 2 fully saturated rings. The van der Waals surface area contributed by atoms with E-state index in [1.165, 1.54) is 4.90 Å². The van der Waals surface area contributed by atoms with E-state index in [1.54, 1.807) is 0 Å². The number of rotatable bonds is 4. The molecule has 3 aliphatic rings. The third-order valence-electron chi connectivity index (χ3n) is 3.99. The van der Waals surface area contributed by atoms with E-state index in [9.17, 15) is 9.59 Å². The van der Waals surface area contributed by atoms with Gasteiger partial charge in [-0.2, -0.15) is 0 Å². The third kappa shape index (κ3) is 1.47. The number of hydrogen-bond acceptors (Lipinski definition) is 3. The van der Waals surface area contributed by atoms with Crippen molar-refractivity contribution in [3.8, 4) is 0 Å². The number of amides is 2. The lowest BCUT2D eigenvalue weighted by Gasteiger charge is -2.17. The number of imide groups is 1. The van der Waals surface area contributed by atoms with Gasteiger partial charge in [0.1, 0.15) is 0 Å². The first-order valence-electron chi connectivity index (χ1n) is 6.43. The lowest BCUT2D eigenvalue weighted by Crippen LogP contribution is -2.35. The minimum Gasteiger partial charge on any atom is -0.365 e. The minimum absolute atomic E-state index is 0.0204. The highest BCUT2D eigenvalue weighted by molar-refractivity contribution is 6.06. The fourth-order valence-electron chi connectivity index (χ4n) is 3.11. The summed E-state index contributed by atoms with van der Waals surface area (Å²) in [5.74, 6) is -0.515. The van der Waals surface area contributed by atoms with Crippen molar-refractivity contribution in [2.45, 2.75) is 38.4 Å². The van der Waals surface area contributed by atoms with Gasteiger partial charge >= 0.3 is 0 Å². The quantitative estimate of drug-likeness (QED) is 0.416. The Morgan fingerprint density at radius 2 is 1.71 bits per heavy atom. The van der Waals surface area contributed by atoms with Gasteiger partial charge in [0.15, 0.2) is 0 Å². The van der Waals surface area contributed by atoms with Crippen LogP contribution in [0.15, 0.2) is 12.2 Å². The number of fused-ring (bicyclic) bond motifs is 5. The average molecular weight is 235 g/mol. The van der Waals surface area contributed by atoms with Crippen LogP contribution < -0.4 is 0 Å². The molecule has 3 heterocycles. The summed E-state index contributed by atoms with van der Waals surface area (Å²) in [6.45, 7) is 2.69. The standard InChI is InChI=1S/C13H17NO3/c1-2-3-4-7-14-12(15)10-8-5-6-9(17-8)11(10)13(14)16/h5-6,8-11H,2-4,7H2,1H3. The highest BCUT2D eigenvalue weighted by atomic mass is 16.5. The fourth-order valence-corrected chi connectivity index (χ4v) is 3.11. The van der Waals surface area contributed by atoms with Gasteiger partial charge < -0.3 is 4.74 Å². The molecule has 0 saturated carbocycles. The summed E-state index contributed by atoms with van der Waals surface area (Å²) in [5, 5.41) is 0. The Balaban J connectivity index is 1.74. The first-order valence-corrected chi connectivity index (χ1v) is 6.43. The molecule has 3 rings (SSSR count). The molecule has 4 unspecified atom stereocenters. The highest BCUT2D eigenvalue weighted by Crippen LogP contribution is 2.44. The molecule has 17 heavy (non-hydrogen) atoms. The first-order chi connectivity index (χ1) is 8.24. The third-order valence-corrected chi connectivity index (χ3v) is 3.99. The zero-order valence-electron chi connectivity index (χ0n) is 9.96. The van der Waals surface area contributed by atoms with Crippen molar-refractivity contribution in [1.82, 2.24) is 4.90 Å². The van der Waals surface area contributed by atoms with Crippen LogP contribution in [0.1, 0.15) is 26.2 Å². The van der Waals surface area contributed by atoms with Gasteiger partial charge in [0.2, 0.25) is 11.8 Å². The maximum atomic E-state index is 12.2. The van der Waals surface area contributed by atoms with Gasteiger partial charge in [-0.25, -0.2) is 0 Å². The first kappa shape index (κ1) is 11.0. The highest BCUT2D eigenvalue weighted by Gasteiger charge is 2.60. The molecule has 2 bridgehead atoms. The van der Waals surface area contributed by atoms with Crippen molar-refractivity contribution in [3.63, 3.8) is 0 Å². The molecule has 0 N–H and O–H groups in total. The second-order valence-electron chi connectivity index (χ2n) is 5.04. The molecule has 0 aromatic carbocycles. The molecule has 0 aromatic heterocycles. The van der Waals surface area contributed by atoms with E-state index in [1.807, 2.05) is 12.2 Å². The Morgan fingerprint density at radius 3 is 2.24 bits per heavy atom. The summed E-state index contributed by atoms with van der Waals surface area (Å²) < 4.78 is 5.57. The van der Waals surface area contributed by atoms with Crippen molar-refractivity contribution in [2.24, 2.45) is 11.8 Å². The van der Waals surface area contributed by atoms with Crippen LogP contribution in [0.2, 0.25) is 0 Å². The largest absolute Gasteiger partial charge is 0.365 e. The van der Waals surface area contributed by atoms with Crippen molar-refractivity contribution >= 4 is 11.8 Å². The van der Waals surface area contributed by atoms with Crippen LogP contribution in [0.25, 0.3) is 0 Å². The fraction of sp³-hybridized carbons (Fsp3) is 0.692. The van der Waals surface area contributed by atoms with Crippen LogP contribution >= 0.6 is 0 Å². The lowest BCUT2D eigenvalue weighted by molar-refractivity contribution is -0.142. The molecule has 4 nitrogen and oxygen atoms in total. The van der Waals surface area contributed by atoms with Crippen molar-refractivity contribution < 1.29 is 14.3 Å². The van der Waals surface area contributed by atoms with Gasteiger partial charge in [0.25, 0.3) is 0 Å². The maximum Gasteiger partial charge on any atom is 0.236 e. The number of carbonyl (C=O) groups excluding carboxylic acids is 2. The molecular formula is C13H17NO3. The number of hydrogen-bond donors (Lipinski definition) is 0. The van der Waals surface area contributed by atoms with E-state index < -0.39 is 0 Å². The summed E-state index contributed by atoms with van der Waals surface area (Å²) in [7, 11) is 0. The molecule has 2 saturated heterocycles. The van der Waals surface area contributed by atoms with Gasteiger partial charge in [-0.3, -0.25) is 14.5 Å². The van der Waals surface area contributed by atoms with Crippen molar-refractivity contribution in [2.75, 3.05) is 6.54 Å². The maximum absolute atomic E-state index is 12.2. The Hall–Kier alpha value is -1.16. The molecule has 4 atom stereocenters. The van der Waals surface area contributed by atoms with Crippen LogP contribution in [0, 0.1) is 11.8 Å². The molecule has 4 heteroatoms. The Bertz CT molecular complexity index is 360. The summed E-state index contributed by atoms with van der Waals surface area (Å²) in [6, 6.07) is 0. The van der Waals surface area contributed by atoms with Gasteiger partial charge in [-0.1, -0.05) is 31.9 Å². The number of likely N-dealkylation sites (tertiary alicyclic amines) is 1. The van der Waals surface area contributed by atoms with Crippen LogP contribution in [-0.4, -0.2) is 35.5 Å². The van der Waals surface area contributed by atoms with Crippen molar-refractivity contribution in [1.29, 1.82) is 0 Å². The van der Waals surface area contributed by atoms with Gasteiger partial charge in [0.05, 0.1) is 24.0 Å². The molecule has 92 valence electrons. The number of nitrogens with zero attached hydrogens (tertiary/aromatic N) is 1. The van der Waals surface area contributed by atoms with Crippen molar-refractivity contribution in [3.05, 3.63) is 12.2 Å². The van der Waals surface area contributed by atoms with Gasteiger partial charge in [0, 0.05) is 6.54 Å². The SMILES string of the molecule is CCCCCN1C(=O)C2C3C=CC(O3)C2C1=O. The second kappa shape index (κ2) is 3.95. The number of carbonyl (C=O) groups is 2. The summed E-state index contributed by atoms with van der Waals surface area (Å²) >= 11 is 0. The summed E-state index contributed by atoms with van der Waals surface area (Å²) in [4.78, 5) is 25.8. The molecule has 3 aliphatic heterocycles. The zero-order valence-corrected chi connectivity index (χ0v) is 9.96. The Kier molecular flexibility index (Phi) is 2.54. The van der Waals surface area contributed by atoms with E-state index in [0.29, 0.717) is 6.54 Å². The average Bonchev–Trinajstić information content (AvgIpc) is 2.97. The normalized spacial score (nSPS) is 38.3. The van der Waals surface area contributed by atoms with E-state index >= 15 is 0 Å². The predicted octanol–water partition coefficient (Wildman–Crippen LogP) is 1.11. The van der Waals surface area contributed by atoms with E-state index in [2.05, 4.69) is 6.92 Å². The van der Waals surface area contributed by atoms with Crippen LogP contribution in [0.3, 0.4) is 0 Å². The monoisotopic (exact) mass is 235 g/mol. The molecule has 2 amide bonds. The van der Waals surface area contributed by atoms with Crippen LogP contribution in [0.5, 0.6) is 0 Å². The predicted molar refractivity (Wildman–Crippen MR) is 61.0 cm³/mol. The summed E-state index contributed by atoms with van der Waals surface area (Å²) in [6.07, 6.45) is 6.61. The molecule has 0 spiro atoms. The number of unbranched alkanes of at least 4 members (excludes halogenated alkanes) is 2. The topological polar surface area (TPSA) is 46.6 Å². The lowest BCUT2D eigenvalue weighted by atomic mass is 9.85. The molecular weight excluding hydrogens is 218 g/mol. The van der Waals surface area contributed by atoms with E-state index in [-0.39, 0.29) is 35.9 Å². The van der Waals surface area contributed by atoms with E-state index in [0.717, 1.165) is 19.3 Å². The molecule has 0 aromatic rings. The second-order valence-corrected chi connectivity index (χ2v) is 5.04. The van der Waals surface area contributed by atoms with Gasteiger partial charge in [-0.05, 0) is 6.42 Å². The number of ether oxygens (including phenoxy) is 1. The Labute approximate surface area is 101 Å². The minimum atomic E-state index is -0.237. The molecule has 0 aliphatic carbocycles. The molecule has 0 radical (unpaired) electrons. The zero-order chi connectivity index (χ0) is 12.0. The Morgan fingerprint density at radius 1 is 1.12 bits per heavy atom. The summed E-state index contributed by atoms with van der Waals surface area (Å²) in [5.41, 5.74) is 0. The van der Waals surface area contributed by atoms with Crippen LogP contribution in [0.4, 0.5) is 0 Å². The smallest absolute Gasteiger partial charge is 0.236 e. The van der Waals surface area contributed by atoms with Crippen LogP contribution in [-0.2, 0) is 14.3 Å². The van der Waals surface area contributed by atoms with Gasteiger partial charge in [-0.15, -0.1) is 0 Å².